The molecule has 0 bridgehead atoms. The second-order valence-corrected chi connectivity index (χ2v) is 5.25. The number of benzene rings is 1. The summed E-state index contributed by atoms with van der Waals surface area (Å²) in [6.45, 7) is 7.64. The molecule has 1 aromatic rings. The van der Waals surface area contributed by atoms with Crippen molar-refractivity contribution in [2.45, 2.75) is 20.8 Å². The van der Waals surface area contributed by atoms with Crippen LogP contribution in [0.5, 0.6) is 0 Å². The number of rotatable bonds is 2. The van der Waals surface area contributed by atoms with Gasteiger partial charge in [0.15, 0.2) is 0 Å². The highest BCUT2D eigenvalue weighted by atomic mass is 79.9. The topological polar surface area (TPSA) is 12.0 Å². The van der Waals surface area contributed by atoms with E-state index in [0.717, 1.165) is 16.7 Å². The Morgan fingerprint density at radius 3 is 2.38 bits per heavy atom. The van der Waals surface area contributed by atoms with E-state index in [0.29, 0.717) is 5.41 Å². The van der Waals surface area contributed by atoms with Crippen LogP contribution in [0.2, 0.25) is 0 Å². The van der Waals surface area contributed by atoms with Gasteiger partial charge in [-0.2, -0.15) is 0 Å². The lowest BCUT2D eigenvalue weighted by molar-refractivity contribution is 0.443. The molecule has 0 aliphatic rings. The van der Waals surface area contributed by atoms with Crippen LogP contribution in [0.3, 0.4) is 0 Å². The van der Waals surface area contributed by atoms with E-state index in [-0.39, 0.29) is 0 Å². The first-order valence-corrected chi connectivity index (χ1v) is 5.27. The Kier molecular flexibility index (Phi) is 3.37. The summed E-state index contributed by atoms with van der Waals surface area (Å²) in [7, 11) is 0. The van der Waals surface area contributed by atoms with Crippen molar-refractivity contribution in [2.24, 2.45) is 5.41 Å². The third-order valence-corrected chi connectivity index (χ3v) is 2.37. The Morgan fingerprint density at radius 1 is 1.23 bits per heavy atom. The van der Waals surface area contributed by atoms with Gasteiger partial charge in [0.2, 0.25) is 0 Å². The molecule has 0 fully saturated rings. The second kappa shape index (κ2) is 4.14. The van der Waals surface area contributed by atoms with Crippen molar-refractivity contribution in [3.63, 3.8) is 0 Å². The first-order valence-electron chi connectivity index (χ1n) is 4.47. The number of hydrogen-bond acceptors (Lipinski definition) is 1. The predicted molar refractivity (Wildman–Crippen MR) is 62.1 cm³/mol. The van der Waals surface area contributed by atoms with E-state index in [1.165, 1.54) is 0 Å². The maximum atomic E-state index is 3.50. The van der Waals surface area contributed by atoms with Crippen molar-refractivity contribution in [2.75, 3.05) is 11.9 Å². The van der Waals surface area contributed by atoms with Gasteiger partial charge in [0.1, 0.15) is 0 Å². The van der Waals surface area contributed by atoms with E-state index in [1.807, 2.05) is 18.2 Å². The summed E-state index contributed by atoms with van der Waals surface area (Å²) in [6, 6.07) is 8.18. The van der Waals surface area contributed by atoms with Crippen molar-refractivity contribution in [1.29, 1.82) is 0 Å². The number of para-hydroxylation sites is 1. The van der Waals surface area contributed by atoms with Gasteiger partial charge in [0, 0.05) is 16.7 Å². The summed E-state index contributed by atoms with van der Waals surface area (Å²) in [6.07, 6.45) is 0. The molecule has 13 heavy (non-hydrogen) atoms. The lowest BCUT2D eigenvalue weighted by Gasteiger charge is -2.20. The number of hydrogen-bond donors (Lipinski definition) is 1. The van der Waals surface area contributed by atoms with Gasteiger partial charge in [-0.15, -0.1) is 0 Å². The van der Waals surface area contributed by atoms with Crippen molar-refractivity contribution in [3.05, 3.63) is 28.7 Å². The maximum absolute atomic E-state index is 3.50. The fourth-order valence-corrected chi connectivity index (χ4v) is 1.39. The maximum Gasteiger partial charge on any atom is 0.0484 e. The second-order valence-electron chi connectivity index (χ2n) is 4.39. The molecule has 0 radical (unpaired) electrons. The van der Waals surface area contributed by atoms with Crippen LogP contribution in [0.15, 0.2) is 28.7 Å². The van der Waals surface area contributed by atoms with E-state index in [1.54, 1.807) is 0 Å². The molecule has 0 saturated carbocycles. The Hall–Kier alpha value is -0.500. The molecule has 0 atom stereocenters. The average molecular weight is 242 g/mol. The van der Waals surface area contributed by atoms with Gasteiger partial charge in [-0.25, -0.2) is 0 Å². The van der Waals surface area contributed by atoms with Crippen LogP contribution in [0, 0.1) is 5.41 Å². The molecule has 0 unspecified atom stereocenters. The van der Waals surface area contributed by atoms with Crippen LogP contribution >= 0.6 is 15.9 Å². The van der Waals surface area contributed by atoms with E-state index < -0.39 is 0 Å². The number of halogens is 1. The Labute approximate surface area is 88.7 Å². The van der Waals surface area contributed by atoms with Crippen molar-refractivity contribution in [1.82, 2.24) is 0 Å². The molecule has 0 spiro atoms. The summed E-state index contributed by atoms with van der Waals surface area (Å²) in [5.74, 6) is 0. The zero-order valence-corrected chi connectivity index (χ0v) is 9.98. The van der Waals surface area contributed by atoms with Gasteiger partial charge in [-0.1, -0.05) is 32.9 Å². The molecule has 1 rings (SSSR count). The molecule has 2 heteroatoms. The monoisotopic (exact) mass is 241 g/mol. The summed E-state index contributed by atoms with van der Waals surface area (Å²) < 4.78 is 1.12. The molecule has 1 nitrogen and oxygen atoms in total. The van der Waals surface area contributed by atoms with Crippen LogP contribution in [-0.4, -0.2) is 6.54 Å². The minimum atomic E-state index is 0.315. The zero-order chi connectivity index (χ0) is 9.90. The summed E-state index contributed by atoms with van der Waals surface area (Å²) >= 11 is 3.50. The van der Waals surface area contributed by atoms with Crippen LogP contribution in [0.4, 0.5) is 5.69 Å². The first-order chi connectivity index (χ1) is 5.99. The normalized spacial score (nSPS) is 11.4. The molecule has 0 aliphatic heterocycles. The Bertz CT molecular complexity index is 276. The largest absolute Gasteiger partial charge is 0.384 e. The van der Waals surface area contributed by atoms with Crippen LogP contribution < -0.4 is 5.32 Å². The fraction of sp³-hybridized carbons (Fsp3) is 0.455. The highest BCUT2D eigenvalue weighted by Crippen LogP contribution is 2.23. The zero-order valence-electron chi connectivity index (χ0n) is 8.39. The van der Waals surface area contributed by atoms with E-state index in [9.17, 15) is 0 Å². The van der Waals surface area contributed by atoms with Crippen LogP contribution in [0.1, 0.15) is 20.8 Å². The molecule has 1 N–H and O–H groups in total. The first kappa shape index (κ1) is 10.6. The molecular weight excluding hydrogens is 226 g/mol. The van der Waals surface area contributed by atoms with Gasteiger partial charge in [0.05, 0.1) is 0 Å². The molecule has 72 valence electrons. The van der Waals surface area contributed by atoms with E-state index in [4.69, 9.17) is 0 Å². The van der Waals surface area contributed by atoms with Crippen LogP contribution in [0.25, 0.3) is 0 Å². The summed E-state index contributed by atoms with van der Waals surface area (Å²) in [4.78, 5) is 0. The average Bonchev–Trinajstić information content (AvgIpc) is 2.01. The van der Waals surface area contributed by atoms with Crippen molar-refractivity contribution < 1.29 is 0 Å². The Balaban J connectivity index is 2.60. The molecule has 0 saturated heterocycles. The Morgan fingerprint density at radius 2 is 1.85 bits per heavy atom. The van der Waals surface area contributed by atoms with Gasteiger partial charge < -0.3 is 5.32 Å². The van der Waals surface area contributed by atoms with Crippen molar-refractivity contribution in [3.8, 4) is 0 Å². The van der Waals surface area contributed by atoms with Gasteiger partial charge in [-0.3, -0.25) is 0 Å². The fourth-order valence-electron chi connectivity index (χ4n) is 0.965. The smallest absolute Gasteiger partial charge is 0.0484 e. The van der Waals surface area contributed by atoms with E-state index in [2.05, 4.69) is 48.1 Å². The minimum absolute atomic E-state index is 0.315. The summed E-state index contributed by atoms with van der Waals surface area (Å²) in [5, 5.41) is 3.41. The SMILES string of the molecule is CC(C)(C)CNc1ccccc1Br. The highest BCUT2D eigenvalue weighted by molar-refractivity contribution is 9.10. The lowest BCUT2D eigenvalue weighted by atomic mass is 9.97. The predicted octanol–water partition coefficient (Wildman–Crippen LogP) is 3.91. The standard InChI is InChI=1S/C11H16BrN/c1-11(2,3)8-13-10-7-5-4-6-9(10)12/h4-7,13H,8H2,1-3H3. The van der Waals surface area contributed by atoms with Gasteiger partial charge in [0.25, 0.3) is 0 Å². The third-order valence-electron chi connectivity index (χ3n) is 1.68. The van der Waals surface area contributed by atoms with E-state index >= 15 is 0 Å². The molecular formula is C11H16BrN. The summed E-state index contributed by atoms with van der Waals surface area (Å²) in [5.41, 5.74) is 1.48. The molecule has 0 aromatic heterocycles. The van der Waals surface area contributed by atoms with Crippen LogP contribution in [-0.2, 0) is 0 Å². The molecule has 1 aromatic carbocycles. The number of anilines is 1. The van der Waals surface area contributed by atoms with Gasteiger partial charge in [-0.05, 0) is 33.5 Å². The number of nitrogens with one attached hydrogen (secondary N) is 1. The van der Waals surface area contributed by atoms with Crippen molar-refractivity contribution >= 4 is 21.6 Å². The molecule has 0 aliphatic carbocycles. The van der Waals surface area contributed by atoms with Gasteiger partial charge >= 0.3 is 0 Å². The quantitative estimate of drug-likeness (QED) is 0.829. The lowest BCUT2D eigenvalue weighted by Crippen LogP contribution is -2.19. The molecule has 0 heterocycles. The minimum Gasteiger partial charge on any atom is -0.384 e. The third kappa shape index (κ3) is 3.81. The highest BCUT2D eigenvalue weighted by Gasteiger charge is 2.09. The molecule has 0 amide bonds.